The molecule has 0 aliphatic carbocycles. The third-order valence-electron chi connectivity index (χ3n) is 2.97. The molecule has 114 valence electrons. The lowest BCUT2D eigenvalue weighted by Gasteiger charge is -2.03. The Bertz CT molecular complexity index is 723. The van der Waals surface area contributed by atoms with E-state index in [-0.39, 0.29) is 5.82 Å². The molecule has 7 heteroatoms. The van der Waals surface area contributed by atoms with E-state index in [1.165, 1.54) is 12.1 Å². The molecular formula is C15H14FN3S3. The van der Waals surface area contributed by atoms with Crippen LogP contribution in [0.15, 0.2) is 51.8 Å². The molecule has 0 aliphatic heterocycles. The molecule has 2 heterocycles. The van der Waals surface area contributed by atoms with E-state index in [9.17, 15) is 4.39 Å². The van der Waals surface area contributed by atoms with Crippen LogP contribution in [0.3, 0.4) is 0 Å². The van der Waals surface area contributed by atoms with Gasteiger partial charge in [0.1, 0.15) is 5.82 Å². The van der Waals surface area contributed by atoms with Gasteiger partial charge in [-0.05, 0) is 35.7 Å². The maximum atomic E-state index is 12.8. The van der Waals surface area contributed by atoms with Crippen LogP contribution in [-0.4, -0.2) is 26.3 Å². The average molecular weight is 351 g/mol. The van der Waals surface area contributed by atoms with Crippen molar-refractivity contribution >= 4 is 34.9 Å². The number of nitrogens with zero attached hydrogens (tertiary/aromatic N) is 3. The van der Waals surface area contributed by atoms with E-state index < -0.39 is 0 Å². The minimum Gasteiger partial charge on any atom is -0.305 e. The van der Waals surface area contributed by atoms with Crippen molar-refractivity contribution in [2.45, 2.75) is 10.1 Å². The van der Waals surface area contributed by atoms with Gasteiger partial charge in [-0.15, -0.1) is 33.3 Å². The largest absolute Gasteiger partial charge is 0.305 e. The molecule has 3 aromatic rings. The van der Waals surface area contributed by atoms with Crippen LogP contribution in [0.25, 0.3) is 10.7 Å². The van der Waals surface area contributed by atoms with Crippen molar-refractivity contribution in [3.8, 4) is 10.7 Å². The maximum Gasteiger partial charge on any atom is 0.191 e. The molecule has 2 aromatic heterocycles. The summed E-state index contributed by atoms with van der Waals surface area (Å²) < 4.78 is 14.9. The second-order valence-corrected chi connectivity index (χ2v) is 7.67. The summed E-state index contributed by atoms with van der Waals surface area (Å²) in [6, 6.07) is 10.7. The molecule has 0 fully saturated rings. The minimum atomic E-state index is -0.195. The van der Waals surface area contributed by atoms with Crippen molar-refractivity contribution in [3.63, 3.8) is 0 Å². The molecule has 1 aromatic carbocycles. The first-order valence-corrected chi connectivity index (χ1v) is 9.53. The molecule has 0 atom stereocenters. The Kier molecular flexibility index (Phi) is 5.17. The van der Waals surface area contributed by atoms with Crippen LogP contribution < -0.4 is 0 Å². The lowest BCUT2D eigenvalue weighted by atomic mass is 10.4. The molecule has 0 radical (unpaired) electrons. The fourth-order valence-corrected chi connectivity index (χ4v) is 4.42. The molecule has 0 bridgehead atoms. The van der Waals surface area contributed by atoms with Crippen molar-refractivity contribution in [3.05, 3.63) is 47.6 Å². The molecule has 0 amide bonds. The summed E-state index contributed by atoms with van der Waals surface area (Å²) >= 11 is 5.07. The summed E-state index contributed by atoms with van der Waals surface area (Å²) in [5, 5.41) is 11.5. The van der Waals surface area contributed by atoms with E-state index in [4.69, 9.17) is 0 Å². The highest BCUT2D eigenvalue weighted by molar-refractivity contribution is 8.02. The van der Waals surface area contributed by atoms with Gasteiger partial charge in [-0.2, -0.15) is 0 Å². The summed E-state index contributed by atoms with van der Waals surface area (Å²) in [4.78, 5) is 2.21. The van der Waals surface area contributed by atoms with E-state index in [0.717, 1.165) is 32.3 Å². The smallest absolute Gasteiger partial charge is 0.191 e. The van der Waals surface area contributed by atoms with Crippen LogP contribution in [0, 0.1) is 5.82 Å². The molecule has 0 aliphatic rings. The molecule has 0 N–H and O–H groups in total. The van der Waals surface area contributed by atoms with Gasteiger partial charge in [-0.25, -0.2) is 4.39 Å². The van der Waals surface area contributed by atoms with Gasteiger partial charge >= 0.3 is 0 Å². The van der Waals surface area contributed by atoms with Gasteiger partial charge in [0.2, 0.25) is 0 Å². The second-order valence-electron chi connectivity index (χ2n) is 4.49. The Morgan fingerprint density at radius 1 is 1.09 bits per heavy atom. The zero-order valence-electron chi connectivity index (χ0n) is 11.9. The van der Waals surface area contributed by atoms with E-state index in [1.54, 1.807) is 34.9 Å². The molecule has 0 unspecified atom stereocenters. The summed E-state index contributed by atoms with van der Waals surface area (Å²) in [6.07, 6.45) is 0. The molecule has 3 nitrogen and oxygen atoms in total. The monoisotopic (exact) mass is 351 g/mol. The van der Waals surface area contributed by atoms with Crippen molar-refractivity contribution in [1.29, 1.82) is 0 Å². The zero-order valence-corrected chi connectivity index (χ0v) is 14.3. The van der Waals surface area contributed by atoms with Crippen LogP contribution >= 0.6 is 34.9 Å². The van der Waals surface area contributed by atoms with Gasteiger partial charge in [0.05, 0.1) is 4.88 Å². The SMILES string of the molecule is Cn1c(SCCSc2ccc(F)cc2)nnc1-c1cccs1. The number of halogens is 1. The molecule has 3 rings (SSSR count). The van der Waals surface area contributed by atoms with Crippen LogP contribution in [-0.2, 0) is 7.05 Å². The topological polar surface area (TPSA) is 30.7 Å². The van der Waals surface area contributed by atoms with E-state index in [0.29, 0.717) is 0 Å². The highest BCUT2D eigenvalue weighted by Crippen LogP contribution is 2.27. The van der Waals surface area contributed by atoms with Gasteiger partial charge < -0.3 is 4.57 Å². The Morgan fingerprint density at radius 2 is 1.86 bits per heavy atom. The summed E-state index contributed by atoms with van der Waals surface area (Å²) in [5.74, 6) is 2.58. The first-order chi connectivity index (χ1) is 10.7. The highest BCUT2D eigenvalue weighted by Gasteiger charge is 2.11. The normalized spacial score (nSPS) is 11.0. The summed E-state index contributed by atoms with van der Waals surface area (Å²) in [5.41, 5.74) is 0. The minimum absolute atomic E-state index is 0.195. The van der Waals surface area contributed by atoms with Crippen molar-refractivity contribution < 1.29 is 4.39 Å². The predicted molar refractivity (Wildman–Crippen MR) is 92.2 cm³/mol. The van der Waals surface area contributed by atoms with Crippen LogP contribution in [0.2, 0.25) is 0 Å². The number of hydrogen-bond donors (Lipinski definition) is 0. The number of thioether (sulfide) groups is 2. The quantitative estimate of drug-likeness (QED) is 0.481. The molecule has 22 heavy (non-hydrogen) atoms. The van der Waals surface area contributed by atoms with Gasteiger partial charge in [0.25, 0.3) is 0 Å². The van der Waals surface area contributed by atoms with Crippen LogP contribution in [0.4, 0.5) is 4.39 Å². The average Bonchev–Trinajstić information content (AvgIpc) is 3.16. The third kappa shape index (κ3) is 3.71. The van der Waals surface area contributed by atoms with Gasteiger partial charge in [0.15, 0.2) is 11.0 Å². The first-order valence-electron chi connectivity index (χ1n) is 6.68. The van der Waals surface area contributed by atoms with Crippen LogP contribution in [0.1, 0.15) is 0 Å². The number of thiophene rings is 1. The van der Waals surface area contributed by atoms with Crippen LogP contribution in [0.5, 0.6) is 0 Å². The van der Waals surface area contributed by atoms with E-state index >= 15 is 0 Å². The van der Waals surface area contributed by atoms with Crippen molar-refractivity contribution in [2.75, 3.05) is 11.5 Å². The summed E-state index contributed by atoms with van der Waals surface area (Å²) in [6.45, 7) is 0. The van der Waals surface area contributed by atoms with E-state index in [1.807, 2.05) is 41.3 Å². The number of benzene rings is 1. The number of hydrogen-bond acceptors (Lipinski definition) is 5. The fourth-order valence-electron chi connectivity index (χ4n) is 1.88. The van der Waals surface area contributed by atoms with Crippen molar-refractivity contribution in [2.24, 2.45) is 7.05 Å². The Labute approximate surface area is 141 Å². The van der Waals surface area contributed by atoms with Gasteiger partial charge in [-0.1, -0.05) is 17.8 Å². The fraction of sp³-hybridized carbons (Fsp3) is 0.200. The third-order valence-corrected chi connectivity index (χ3v) is 6.13. The Hall–Kier alpha value is -1.31. The maximum absolute atomic E-state index is 12.8. The number of rotatable bonds is 6. The predicted octanol–water partition coefficient (Wildman–Crippen LogP) is 4.57. The number of aromatic nitrogens is 3. The highest BCUT2D eigenvalue weighted by atomic mass is 32.2. The zero-order chi connectivity index (χ0) is 15.4. The molecule has 0 spiro atoms. The van der Waals surface area contributed by atoms with E-state index in [2.05, 4.69) is 10.2 Å². The summed E-state index contributed by atoms with van der Waals surface area (Å²) in [7, 11) is 1.99. The molecular weight excluding hydrogens is 337 g/mol. The Balaban J connectivity index is 1.53. The van der Waals surface area contributed by atoms with Crippen molar-refractivity contribution in [1.82, 2.24) is 14.8 Å². The first kappa shape index (κ1) is 15.6. The molecule has 0 saturated carbocycles. The lowest BCUT2D eigenvalue weighted by molar-refractivity contribution is 0.626. The van der Waals surface area contributed by atoms with Gasteiger partial charge in [-0.3, -0.25) is 0 Å². The Morgan fingerprint density at radius 3 is 2.59 bits per heavy atom. The molecule has 0 saturated heterocycles. The lowest BCUT2D eigenvalue weighted by Crippen LogP contribution is -1.95. The second kappa shape index (κ2) is 7.30. The standard InChI is InChI=1S/C15H14FN3S3/c1-19-14(13-3-2-8-21-13)17-18-15(19)22-10-9-20-12-6-4-11(16)5-7-12/h2-8H,9-10H2,1H3. The van der Waals surface area contributed by atoms with Gasteiger partial charge in [0, 0.05) is 23.4 Å².